The molecule has 2 aliphatic rings. The molecular formula is C19H27FN2O. The molecule has 1 aromatic rings. The molecule has 1 aliphatic carbocycles. The van der Waals surface area contributed by atoms with E-state index in [1.807, 2.05) is 4.90 Å². The molecule has 1 saturated carbocycles. The van der Waals surface area contributed by atoms with Gasteiger partial charge in [-0.05, 0) is 49.9 Å². The zero-order chi connectivity index (χ0) is 16.1. The van der Waals surface area contributed by atoms with Crippen molar-refractivity contribution < 1.29 is 9.18 Å². The lowest BCUT2D eigenvalue weighted by Gasteiger charge is -2.28. The quantitative estimate of drug-likeness (QED) is 0.851. The van der Waals surface area contributed by atoms with Crippen LogP contribution >= 0.6 is 0 Å². The summed E-state index contributed by atoms with van der Waals surface area (Å²) in [6.45, 7) is 4.72. The van der Waals surface area contributed by atoms with Gasteiger partial charge in [0, 0.05) is 31.7 Å². The minimum absolute atomic E-state index is 0.0379. The number of benzene rings is 1. The maximum atomic E-state index is 13.3. The number of amides is 1. The molecule has 0 radical (unpaired) electrons. The monoisotopic (exact) mass is 318 g/mol. The first-order valence-electron chi connectivity index (χ1n) is 8.99. The minimum Gasteiger partial charge on any atom is -0.337 e. The second-order valence-electron chi connectivity index (χ2n) is 6.96. The fourth-order valence-corrected chi connectivity index (χ4v) is 3.90. The van der Waals surface area contributed by atoms with Crippen molar-refractivity contribution in [3.8, 4) is 0 Å². The largest absolute Gasteiger partial charge is 0.337 e. The summed E-state index contributed by atoms with van der Waals surface area (Å²) in [4.78, 5) is 16.9. The molecule has 0 spiro atoms. The first kappa shape index (κ1) is 16.4. The number of nitrogens with zero attached hydrogens (tertiary/aromatic N) is 2. The van der Waals surface area contributed by atoms with Crippen LogP contribution < -0.4 is 0 Å². The fraction of sp³-hybridized carbons (Fsp3) is 0.632. The molecular weight excluding hydrogens is 291 g/mol. The van der Waals surface area contributed by atoms with E-state index in [1.165, 1.54) is 50.8 Å². The van der Waals surface area contributed by atoms with Gasteiger partial charge in [0.25, 0.3) is 5.91 Å². The van der Waals surface area contributed by atoms with Crippen molar-refractivity contribution in [2.24, 2.45) is 5.92 Å². The van der Waals surface area contributed by atoms with Gasteiger partial charge in [0.1, 0.15) is 5.82 Å². The molecule has 2 fully saturated rings. The molecule has 23 heavy (non-hydrogen) atoms. The van der Waals surface area contributed by atoms with Gasteiger partial charge in [0.2, 0.25) is 0 Å². The molecule has 3 rings (SSSR count). The van der Waals surface area contributed by atoms with E-state index in [1.54, 1.807) is 12.1 Å². The Balaban J connectivity index is 1.54. The smallest absolute Gasteiger partial charge is 0.254 e. The third kappa shape index (κ3) is 4.54. The summed E-state index contributed by atoms with van der Waals surface area (Å²) >= 11 is 0. The number of carbonyl (C=O) groups excluding carboxylic acids is 1. The third-order valence-corrected chi connectivity index (χ3v) is 5.19. The van der Waals surface area contributed by atoms with E-state index < -0.39 is 0 Å². The Bertz CT molecular complexity index is 528. The highest BCUT2D eigenvalue weighted by Crippen LogP contribution is 2.24. The van der Waals surface area contributed by atoms with Gasteiger partial charge >= 0.3 is 0 Å². The zero-order valence-electron chi connectivity index (χ0n) is 13.8. The van der Waals surface area contributed by atoms with E-state index in [2.05, 4.69) is 4.90 Å². The molecule has 1 aromatic carbocycles. The van der Waals surface area contributed by atoms with Crippen molar-refractivity contribution in [2.75, 3.05) is 32.7 Å². The van der Waals surface area contributed by atoms with Crippen molar-refractivity contribution in [1.82, 2.24) is 9.80 Å². The number of rotatable bonds is 3. The standard InChI is InChI=1S/C19H27FN2O/c20-18-9-4-8-17(14-18)19(23)22-11-5-10-21(12-13-22)15-16-6-2-1-3-7-16/h4,8-9,14,16H,1-3,5-7,10-13,15H2. The summed E-state index contributed by atoms with van der Waals surface area (Å²) < 4.78 is 13.3. The number of hydrogen-bond acceptors (Lipinski definition) is 2. The van der Waals surface area contributed by atoms with Crippen LogP contribution in [0.1, 0.15) is 48.9 Å². The summed E-state index contributed by atoms with van der Waals surface area (Å²) in [5.74, 6) is 0.461. The lowest BCUT2D eigenvalue weighted by atomic mass is 9.89. The van der Waals surface area contributed by atoms with E-state index in [9.17, 15) is 9.18 Å². The van der Waals surface area contributed by atoms with Gasteiger partial charge < -0.3 is 9.80 Å². The van der Waals surface area contributed by atoms with Crippen LogP contribution in [0.5, 0.6) is 0 Å². The molecule has 126 valence electrons. The molecule has 0 N–H and O–H groups in total. The van der Waals surface area contributed by atoms with Crippen molar-refractivity contribution in [3.63, 3.8) is 0 Å². The Hall–Kier alpha value is -1.42. The summed E-state index contributed by atoms with van der Waals surface area (Å²) in [6.07, 6.45) is 7.89. The molecule has 0 aromatic heterocycles. The minimum atomic E-state index is -0.343. The van der Waals surface area contributed by atoms with Gasteiger partial charge in [-0.2, -0.15) is 0 Å². The van der Waals surface area contributed by atoms with E-state index >= 15 is 0 Å². The predicted molar refractivity (Wildman–Crippen MR) is 89.9 cm³/mol. The van der Waals surface area contributed by atoms with Gasteiger partial charge in [0.15, 0.2) is 0 Å². The van der Waals surface area contributed by atoms with Crippen molar-refractivity contribution in [1.29, 1.82) is 0 Å². The molecule has 0 unspecified atom stereocenters. The average molecular weight is 318 g/mol. The lowest BCUT2D eigenvalue weighted by molar-refractivity contribution is 0.0759. The van der Waals surface area contributed by atoms with E-state index in [4.69, 9.17) is 0 Å². The molecule has 4 heteroatoms. The normalized spacial score (nSPS) is 21.2. The summed E-state index contributed by atoms with van der Waals surface area (Å²) in [5, 5.41) is 0. The predicted octanol–water partition coefficient (Wildman–Crippen LogP) is 3.55. The van der Waals surface area contributed by atoms with Crippen molar-refractivity contribution in [2.45, 2.75) is 38.5 Å². The van der Waals surface area contributed by atoms with Gasteiger partial charge in [-0.3, -0.25) is 4.79 Å². The van der Waals surface area contributed by atoms with Gasteiger partial charge in [0.05, 0.1) is 0 Å². The topological polar surface area (TPSA) is 23.6 Å². The number of carbonyl (C=O) groups is 1. The number of hydrogen-bond donors (Lipinski definition) is 0. The Morgan fingerprint density at radius 1 is 1.04 bits per heavy atom. The van der Waals surface area contributed by atoms with Gasteiger partial charge in [-0.1, -0.05) is 25.3 Å². The second-order valence-corrected chi connectivity index (χ2v) is 6.96. The highest BCUT2D eigenvalue weighted by Gasteiger charge is 2.23. The van der Waals surface area contributed by atoms with Crippen LogP contribution in [0.25, 0.3) is 0 Å². The molecule has 3 nitrogen and oxygen atoms in total. The second kappa shape index (κ2) is 7.91. The average Bonchev–Trinajstić information content (AvgIpc) is 2.81. The van der Waals surface area contributed by atoms with Crippen molar-refractivity contribution >= 4 is 5.91 Å². The van der Waals surface area contributed by atoms with Crippen LogP contribution in [0.3, 0.4) is 0 Å². The highest BCUT2D eigenvalue weighted by molar-refractivity contribution is 5.94. The lowest BCUT2D eigenvalue weighted by Crippen LogP contribution is -2.36. The first-order chi connectivity index (χ1) is 11.2. The molecule has 1 saturated heterocycles. The molecule has 1 amide bonds. The Morgan fingerprint density at radius 3 is 2.65 bits per heavy atom. The zero-order valence-corrected chi connectivity index (χ0v) is 13.8. The third-order valence-electron chi connectivity index (χ3n) is 5.19. The van der Waals surface area contributed by atoms with E-state index in [-0.39, 0.29) is 11.7 Å². The maximum absolute atomic E-state index is 13.3. The maximum Gasteiger partial charge on any atom is 0.254 e. The number of halogens is 1. The molecule has 0 atom stereocenters. The van der Waals surface area contributed by atoms with E-state index in [0.717, 1.165) is 38.5 Å². The molecule has 0 bridgehead atoms. The highest BCUT2D eigenvalue weighted by atomic mass is 19.1. The van der Waals surface area contributed by atoms with Crippen LogP contribution in [-0.2, 0) is 0 Å². The summed E-state index contributed by atoms with van der Waals surface area (Å²) in [5.41, 5.74) is 0.464. The molecule has 1 aliphatic heterocycles. The first-order valence-corrected chi connectivity index (χ1v) is 8.99. The van der Waals surface area contributed by atoms with Crippen LogP contribution in [0, 0.1) is 11.7 Å². The molecule has 1 heterocycles. The van der Waals surface area contributed by atoms with Crippen LogP contribution in [0.15, 0.2) is 24.3 Å². The van der Waals surface area contributed by atoms with Crippen LogP contribution in [0.2, 0.25) is 0 Å². The Kier molecular flexibility index (Phi) is 5.65. The van der Waals surface area contributed by atoms with Crippen LogP contribution in [0.4, 0.5) is 4.39 Å². The van der Waals surface area contributed by atoms with E-state index in [0.29, 0.717) is 5.56 Å². The SMILES string of the molecule is O=C(c1cccc(F)c1)N1CCCN(CC2CCCCC2)CC1. The summed E-state index contributed by atoms with van der Waals surface area (Å²) in [6, 6.07) is 6.03. The van der Waals surface area contributed by atoms with Gasteiger partial charge in [-0.25, -0.2) is 4.39 Å². The fourth-order valence-electron chi connectivity index (χ4n) is 3.90. The van der Waals surface area contributed by atoms with Crippen LogP contribution in [-0.4, -0.2) is 48.4 Å². The Morgan fingerprint density at radius 2 is 1.87 bits per heavy atom. The van der Waals surface area contributed by atoms with Gasteiger partial charge in [-0.15, -0.1) is 0 Å². The van der Waals surface area contributed by atoms with Crippen molar-refractivity contribution in [3.05, 3.63) is 35.6 Å². The summed E-state index contributed by atoms with van der Waals surface area (Å²) in [7, 11) is 0. The Labute approximate surface area is 138 Å².